The van der Waals surface area contributed by atoms with Crippen molar-refractivity contribution >= 4 is 25.5 Å². The number of nitrogens with one attached hydrogen (secondary N) is 1. The second kappa shape index (κ2) is 11.0. The molecule has 0 unspecified atom stereocenters. The van der Waals surface area contributed by atoms with Crippen LogP contribution in [-0.2, 0) is 28.4 Å². The molecule has 206 valence electrons. The molecule has 1 saturated carbocycles. The van der Waals surface area contributed by atoms with Crippen molar-refractivity contribution in [2.75, 3.05) is 36.3 Å². The maximum absolute atomic E-state index is 12.0. The molecule has 3 aliphatic rings. The quantitative estimate of drug-likeness (QED) is 0.297. The molecule has 0 spiro atoms. The fraction of sp³-hybridized carbons (Fsp3) is 0.643. The molecule has 2 aromatic rings. The number of ether oxygens (including phenoxy) is 2. The number of morpholine rings is 1. The minimum absolute atomic E-state index is 0.196. The van der Waals surface area contributed by atoms with Crippen molar-refractivity contribution < 1.29 is 14.6 Å². The number of terminal acetylenes is 1. The Morgan fingerprint density at radius 2 is 2.11 bits per heavy atom. The summed E-state index contributed by atoms with van der Waals surface area (Å²) >= 11 is 0. The number of pyridine rings is 1. The van der Waals surface area contributed by atoms with Crippen LogP contribution in [-0.4, -0.2) is 60.4 Å². The molecule has 0 bridgehead atoms. The van der Waals surface area contributed by atoms with Crippen LogP contribution in [0.1, 0.15) is 43.7 Å². The van der Waals surface area contributed by atoms with E-state index in [9.17, 15) is 5.11 Å². The van der Waals surface area contributed by atoms with E-state index in [1.807, 2.05) is 15.8 Å². The predicted octanol–water partition coefficient (Wildman–Crippen LogP) is 3.98. The molecule has 1 saturated heterocycles. The number of nitrogens with zero attached hydrogens (tertiary/aromatic N) is 5. The van der Waals surface area contributed by atoms with Crippen molar-refractivity contribution in [3.8, 4) is 12.3 Å². The van der Waals surface area contributed by atoms with Gasteiger partial charge < -0.3 is 19.5 Å². The molecule has 10 heteroatoms. The molecule has 9 nitrogen and oxygen atoms in total. The third-order valence-electron chi connectivity index (χ3n) is 8.06. The van der Waals surface area contributed by atoms with E-state index in [0.717, 1.165) is 60.6 Å². The molecule has 38 heavy (non-hydrogen) atoms. The van der Waals surface area contributed by atoms with Gasteiger partial charge in [0.1, 0.15) is 18.4 Å². The molecule has 1 atom stereocenters. The van der Waals surface area contributed by atoms with Crippen molar-refractivity contribution in [1.82, 2.24) is 20.2 Å². The molecule has 5 rings (SSSR count). The summed E-state index contributed by atoms with van der Waals surface area (Å²) in [6.45, 7) is 13.0. The lowest BCUT2D eigenvalue weighted by Gasteiger charge is -2.38. The third-order valence-corrected chi connectivity index (χ3v) is 9.76. The number of anilines is 3. The molecule has 0 radical (unpaired) electrons. The average molecular weight is 539 g/mol. The van der Waals surface area contributed by atoms with Gasteiger partial charge in [0.25, 0.3) is 0 Å². The van der Waals surface area contributed by atoms with Crippen LogP contribution in [0.5, 0.6) is 0 Å². The van der Waals surface area contributed by atoms with Gasteiger partial charge in [-0.3, -0.25) is 0 Å². The Bertz CT molecular complexity index is 1160. The van der Waals surface area contributed by atoms with E-state index in [0.29, 0.717) is 39.3 Å². The van der Waals surface area contributed by atoms with Crippen LogP contribution in [0.3, 0.4) is 0 Å². The van der Waals surface area contributed by atoms with Crippen molar-refractivity contribution in [2.45, 2.75) is 83.2 Å². The molecule has 2 aromatic heterocycles. The van der Waals surface area contributed by atoms with Gasteiger partial charge in [-0.05, 0) is 50.3 Å². The summed E-state index contributed by atoms with van der Waals surface area (Å²) in [6.07, 6.45) is 10.5. The molecule has 2 aliphatic heterocycles. The first-order chi connectivity index (χ1) is 18.2. The summed E-state index contributed by atoms with van der Waals surface area (Å²) < 4.78 is 13.6. The maximum Gasteiger partial charge on any atom is 0.156 e. The molecular formula is C28H42N6O3Si. The number of aliphatic hydroxyl groups is 1. The summed E-state index contributed by atoms with van der Waals surface area (Å²) in [4.78, 5) is 7.46. The number of hydrazine groups is 1. The summed E-state index contributed by atoms with van der Waals surface area (Å²) in [5.41, 5.74) is 4.57. The molecule has 2 N–H and O–H groups in total. The number of hydrogen-bond acceptors (Lipinski definition) is 8. The second-order valence-corrected chi connectivity index (χ2v) is 17.7. The largest absolute Gasteiger partial charge is 0.385 e. The Morgan fingerprint density at radius 3 is 2.82 bits per heavy atom. The molecule has 2 fully saturated rings. The summed E-state index contributed by atoms with van der Waals surface area (Å²) in [7, 11) is -1.17. The van der Waals surface area contributed by atoms with E-state index in [4.69, 9.17) is 20.9 Å². The number of fused-ring (bicyclic) bond motifs is 1. The third kappa shape index (κ3) is 5.63. The van der Waals surface area contributed by atoms with Gasteiger partial charge in [-0.25, -0.2) is 20.1 Å². The van der Waals surface area contributed by atoms with Crippen molar-refractivity contribution in [3.05, 3.63) is 29.5 Å². The fourth-order valence-corrected chi connectivity index (χ4v) is 6.39. The fourth-order valence-electron chi connectivity index (χ4n) is 5.63. The van der Waals surface area contributed by atoms with Crippen molar-refractivity contribution in [3.63, 3.8) is 0 Å². The highest BCUT2D eigenvalue weighted by molar-refractivity contribution is 6.76. The van der Waals surface area contributed by atoms with Gasteiger partial charge in [0.05, 0.1) is 31.1 Å². The number of aromatic nitrogens is 3. The van der Waals surface area contributed by atoms with Crippen LogP contribution in [0.2, 0.25) is 25.7 Å². The highest BCUT2D eigenvalue weighted by Crippen LogP contribution is 2.45. The molecule has 1 aliphatic carbocycles. The second-order valence-electron chi connectivity index (χ2n) is 12.1. The van der Waals surface area contributed by atoms with E-state index in [-0.39, 0.29) is 12.0 Å². The first kappa shape index (κ1) is 27.2. The minimum atomic E-state index is -1.17. The van der Waals surface area contributed by atoms with Crippen LogP contribution < -0.4 is 15.3 Å². The highest BCUT2D eigenvalue weighted by atomic mass is 28.3. The van der Waals surface area contributed by atoms with E-state index in [2.05, 4.69) is 54.0 Å². The van der Waals surface area contributed by atoms with Crippen molar-refractivity contribution in [1.29, 1.82) is 0 Å². The summed E-state index contributed by atoms with van der Waals surface area (Å²) in [6, 6.07) is 5.39. The van der Waals surface area contributed by atoms with E-state index < -0.39 is 13.7 Å². The summed E-state index contributed by atoms with van der Waals surface area (Å²) in [5, 5.41) is 18.5. The van der Waals surface area contributed by atoms with Gasteiger partial charge in [0.15, 0.2) is 5.82 Å². The Balaban J connectivity index is 1.48. The van der Waals surface area contributed by atoms with Crippen LogP contribution in [0, 0.1) is 18.3 Å². The maximum atomic E-state index is 12.0. The van der Waals surface area contributed by atoms with Gasteiger partial charge in [-0.2, -0.15) is 5.10 Å². The Hall–Kier alpha value is -2.42. The normalized spacial score (nSPS) is 25.9. The standard InChI is InChI=1S/C28H42N6O3Si/c1-6-22-7-10-28(35,11-8-22)24-17-25(32-13-14-36-19-21(32)2)31-27-23(24)18-30-34(27)26-9-12-29-33(26)20-37-15-16-38(3,4)5/h1,9,12,17,21-22,30,35H,7-8,10-11,13-16,18-20H2,2-5H3/t21-,22?,28?/m1/s1. The molecular weight excluding hydrogens is 496 g/mol. The topological polar surface area (TPSA) is 87.9 Å². The Morgan fingerprint density at radius 1 is 1.32 bits per heavy atom. The van der Waals surface area contributed by atoms with E-state index in [1.165, 1.54) is 0 Å². The Kier molecular flexibility index (Phi) is 7.85. The molecule has 0 amide bonds. The highest BCUT2D eigenvalue weighted by Gasteiger charge is 2.40. The van der Waals surface area contributed by atoms with Crippen LogP contribution in [0.15, 0.2) is 18.3 Å². The van der Waals surface area contributed by atoms with Gasteiger partial charge in [0.2, 0.25) is 0 Å². The zero-order chi connectivity index (χ0) is 26.9. The zero-order valence-corrected chi connectivity index (χ0v) is 24.2. The van der Waals surface area contributed by atoms with E-state index >= 15 is 0 Å². The number of rotatable bonds is 8. The van der Waals surface area contributed by atoms with Gasteiger partial charge in [-0.1, -0.05) is 19.6 Å². The monoisotopic (exact) mass is 538 g/mol. The van der Waals surface area contributed by atoms with Gasteiger partial charge in [-0.15, -0.1) is 12.3 Å². The Labute approximate surface area is 227 Å². The van der Waals surface area contributed by atoms with Gasteiger partial charge >= 0.3 is 0 Å². The first-order valence-electron chi connectivity index (χ1n) is 13.9. The minimum Gasteiger partial charge on any atom is -0.385 e. The van der Waals surface area contributed by atoms with Gasteiger partial charge in [0, 0.05) is 45.3 Å². The van der Waals surface area contributed by atoms with Crippen LogP contribution >= 0.6 is 0 Å². The zero-order valence-electron chi connectivity index (χ0n) is 23.2. The van der Waals surface area contributed by atoms with Crippen LogP contribution in [0.4, 0.5) is 17.5 Å². The lowest BCUT2D eigenvalue weighted by atomic mass is 9.74. The van der Waals surface area contributed by atoms with Crippen molar-refractivity contribution in [2.24, 2.45) is 5.92 Å². The number of hydrogen-bond donors (Lipinski definition) is 2. The lowest BCUT2D eigenvalue weighted by Crippen LogP contribution is -2.44. The lowest BCUT2D eigenvalue weighted by molar-refractivity contribution is -0.00860. The van der Waals surface area contributed by atoms with Crippen LogP contribution in [0.25, 0.3) is 0 Å². The predicted molar refractivity (Wildman–Crippen MR) is 152 cm³/mol. The SMILES string of the molecule is C#CC1CCC(O)(c2cc(N3CCOC[C@H]3C)nc3c2CNN3c2ccnn2COCC[Si](C)(C)C)CC1. The van der Waals surface area contributed by atoms with E-state index in [1.54, 1.807) is 6.20 Å². The molecule has 0 aromatic carbocycles. The summed E-state index contributed by atoms with van der Waals surface area (Å²) in [5.74, 6) is 5.67. The molecule has 4 heterocycles. The first-order valence-corrected chi connectivity index (χ1v) is 17.6. The average Bonchev–Trinajstić information content (AvgIpc) is 3.53. The smallest absolute Gasteiger partial charge is 0.156 e.